The van der Waals surface area contributed by atoms with Crippen LogP contribution in [0.5, 0.6) is 0 Å². The predicted octanol–water partition coefficient (Wildman–Crippen LogP) is 3.38. The SMILES string of the molecule is Cc1ccc(C(=O)N(C)Cc2nc3ccccc3n2C(F)F)cc1NS(C)(=O)=O. The van der Waals surface area contributed by atoms with Crippen LogP contribution in [0.25, 0.3) is 11.0 Å². The maximum Gasteiger partial charge on any atom is 0.320 e. The molecule has 1 aromatic heterocycles. The number of para-hydroxylation sites is 2. The first kappa shape index (κ1) is 20.7. The first-order chi connectivity index (χ1) is 13.6. The number of anilines is 1. The molecule has 0 atom stereocenters. The van der Waals surface area contributed by atoms with E-state index in [1.165, 1.54) is 18.0 Å². The highest BCUT2D eigenvalue weighted by Crippen LogP contribution is 2.24. The summed E-state index contributed by atoms with van der Waals surface area (Å²) in [5, 5.41) is 0. The van der Waals surface area contributed by atoms with E-state index >= 15 is 0 Å². The van der Waals surface area contributed by atoms with Crippen LogP contribution in [-0.2, 0) is 16.6 Å². The van der Waals surface area contributed by atoms with Gasteiger partial charge in [0.05, 0.1) is 29.5 Å². The highest BCUT2D eigenvalue weighted by atomic mass is 32.2. The summed E-state index contributed by atoms with van der Waals surface area (Å²) in [4.78, 5) is 18.3. The number of imidazole rings is 1. The summed E-state index contributed by atoms with van der Waals surface area (Å²) in [6.07, 6.45) is 1.02. The van der Waals surface area contributed by atoms with Crippen LogP contribution in [0.3, 0.4) is 0 Å². The predicted molar refractivity (Wildman–Crippen MR) is 106 cm³/mol. The van der Waals surface area contributed by atoms with E-state index in [9.17, 15) is 22.0 Å². The molecule has 0 aliphatic rings. The van der Waals surface area contributed by atoms with Gasteiger partial charge in [-0.3, -0.25) is 14.1 Å². The molecule has 0 spiro atoms. The smallest absolute Gasteiger partial charge is 0.320 e. The lowest BCUT2D eigenvalue weighted by molar-refractivity contribution is 0.0646. The average Bonchev–Trinajstić information content (AvgIpc) is 2.99. The second-order valence-electron chi connectivity index (χ2n) is 6.73. The van der Waals surface area contributed by atoms with Crippen LogP contribution in [0.1, 0.15) is 28.3 Å². The number of halogens is 2. The third kappa shape index (κ3) is 4.53. The van der Waals surface area contributed by atoms with Crippen molar-refractivity contribution in [1.82, 2.24) is 14.5 Å². The molecule has 0 aliphatic carbocycles. The number of aryl methyl sites for hydroxylation is 1. The molecule has 0 saturated carbocycles. The summed E-state index contributed by atoms with van der Waals surface area (Å²) < 4.78 is 53.3. The molecule has 29 heavy (non-hydrogen) atoms. The van der Waals surface area contributed by atoms with Crippen LogP contribution in [0, 0.1) is 6.92 Å². The van der Waals surface area contributed by atoms with Gasteiger partial charge in [0, 0.05) is 12.6 Å². The standard InChI is InChI=1S/C19H20F2N4O3S/c1-12-8-9-13(10-15(12)23-29(3,27)28)18(26)24(2)11-17-22-14-6-4-5-7-16(14)25(17)19(20)21/h4-10,19,23H,11H2,1-3H3. The van der Waals surface area contributed by atoms with Crippen LogP contribution in [-0.4, -0.2) is 42.1 Å². The van der Waals surface area contributed by atoms with Crippen LogP contribution in [0.4, 0.5) is 14.5 Å². The Bertz CT molecular complexity index is 1180. The second kappa shape index (κ2) is 7.78. The molecular formula is C19H20F2N4O3S. The minimum absolute atomic E-state index is 0.0543. The molecule has 1 N–H and O–H groups in total. The Morgan fingerprint density at radius 1 is 1.24 bits per heavy atom. The van der Waals surface area contributed by atoms with Crippen molar-refractivity contribution >= 4 is 32.7 Å². The number of fused-ring (bicyclic) bond motifs is 1. The van der Waals surface area contributed by atoms with Gasteiger partial charge < -0.3 is 4.90 Å². The zero-order valence-electron chi connectivity index (χ0n) is 16.1. The number of aromatic nitrogens is 2. The van der Waals surface area contributed by atoms with Crippen molar-refractivity contribution in [3.8, 4) is 0 Å². The first-order valence-corrected chi connectivity index (χ1v) is 10.5. The number of hydrogen-bond acceptors (Lipinski definition) is 4. The summed E-state index contributed by atoms with van der Waals surface area (Å²) in [7, 11) is -2.04. The molecule has 0 aliphatic heterocycles. The number of amides is 1. The third-order valence-electron chi connectivity index (χ3n) is 4.37. The fourth-order valence-corrected chi connectivity index (χ4v) is 3.61. The number of alkyl halides is 2. The normalized spacial score (nSPS) is 11.8. The van der Waals surface area contributed by atoms with Crippen molar-refractivity contribution in [1.29, 1.82) is 0 Å². The van der Waals surface area contributed by atoms with Gasteiger partial charge in [0.25, 0.3) is 5.91 Å². The van der Waals surface area contributed by atoms with Gasteiger partial charge in [-0.1, -0.05) is 18.2 Å². The van der Waals surface area contributed by atoms with E-state index in [0.29, 0.717) is 11.1 Å². The van der Waals surface area contributed by atoms with E-state index in [-0.39, 0.29) is 29.1 Å². The lowest BCUT2D eigenvalue weighted by Crippen LogP contribution is -2.28. The van der Waals surface area contributed by atoms with Crippen molar-refractivity contribution in [2.24, 2.45) is 0 Å². The highest BCUT2D eigenvalue weighted by molar-refractivity contribution is 7.92. The average molecular weight is 422 g/mol. The molecule has 3 aromatic rings. The maximum atomic E-state index is 13.6. The van der Waals surface area contributed by atoms with Crippen molar-refractivity contribution in [2.75, 3.05) is 18.0 Å². The molecule has 0 radical (unpaired) electrons. The van der Waals surface area contributed by atoms with E-state index in [1.807, 2.05) is 0 Å². The number of carbonyl (C=O) groups excluding carboxylic acids is 1. The first-order valence-electron chi connectivity index (χ1n) is 8.64. The molecule has 10 heteroatoms. The monoisotopic (exact) mass is 422 g/mol. The van der Waals surface area contributed by atoms with Gasteiger partial charge in [0.1, 0.15) is 5.82 Å². The quantitative estimate of drug-likeness (QED) is 0.660. The number of sulfonamides is 1. The molecule has 0 unspecified atom stereocenters. The number of rotatable bonds is 6. The number of nitrogens with zero attached hydrogens (tertiary/aromatic N) is 3. The Balaban J connectivity index is 1.89. The molecular weight excluding hydrogens is 402 g/mol. The van der Waals surface area contributed by atoms with Gasteiger partial charge in [-0.15, -0.1) is 0 Å². The highest BCUT2D eigenvalue weighted by Gasteiger charge is 2.21. The van der Waals surface area contributed by atoms with E-state index in [1.54, 1.807) is 43.3 Å². The topological polar surface area (TPSA) is 84.3 Å². The zero-order valence-corrected chi connectivity index (χ0v) is 16.9. The van der Waals surface area contributed by atoms with Crippen molar-refractivity contribution in [3.63, 3.8) is 0 Å². The van der Waals surface area contributed by atoms with Gasteiger partial charge in [0.2, 0.25) is 10.0 Å². The molecule has 1 heterocycles. The molecule has 3 rings (SSSR count). The molecule has 7 nitrogen and oxygen atoms in total. The number of hydrogen-bond donors (Lipinski definition) is 1. The number of carbonyl (C=O) groups is 1. The van der Waals surface area contributed by atoms with Crippen LogP contribution in [0.2, 0.25) is 0 Å². The van der Waals surface area contributed by atoms with Gasteiger partial charge in [0.15, 0.2) is 0 Å². The minimum atomic E-state index is -3.51. The Kier molecular flexibility index (Phi) is 5.56. The lowest BCUT2D eigenvalue weighted by atomic mass is 10.1. The van der Waals surface area contributed by atoms with Crippen LogP contribution < -0.4 is 4.72 Å². The molecule has 0 bridgehead atoms. The van der Waals surface area contributed by atoms with Gasteiger partial charge in [-0.25, -0.2) is 13.4 Å². The van der Waals surface area contributed by atoms with Crippen molar-refractivity contribution < 1.29 is 22.0 Å². The largest absolute Gasteiger partial charge is 0.334 e. The van der Waals surface area contributed by atoms with E-state index in [4.69, 9.17) is 0 Å². The Morgan fingerprint density at radius 2 is 1.93 bits per heavy atom. The fourth-order valence-electron chi connectivity index (χ4n) is 2.99. The number of nitrogens with one attached hydrogen (secondary N) is 1. The Morgan fingerprint density at radius 3 is 2.59 bits per heavy atom. The maximum absolute atomic E-state index is 13.6. The fraction of sp³-hybridized carbons (Fsp3) is 0.263. The zero-order chi connectivity index (χ0) is 21.3. The van der Waals surface area contributed by atoms with Crippen molar-refractivity contribution in [3.05, 3.63) is 59.4 Å². The Labute approximate surface area is 167 Å². The number of benzene rings is 2. The van der Waals surface area contributed by atoms with Gasteiger partial charge >= 0.3 is 6.55 Å². The van der Waals surface area contributed by atoms with E-state index in [2.05, 4.69) is 9.71 Å². The third-order valence-corrected chi connectivity index (χ3v) is 4.96. The van der Waals surface area contributed by atoms with Crippen LogP contribution >= 0.6 is 0 Å². The molecule has 1 amide bonds. The van der Waals surface area contributed by atoms with E-state index < -0.39 is 22.5 Å². The summed E-state index contributed by atoms with van der Waals surface area (Å²) in [5.41, 5.74) is 1.86. The minimum Gasteiger partial charge on any atom is -0.334 e. The molecule has 0 saturated heterocycles. The van der Waals surface area contributed by atoms with E-state index in [0.717, 1.165) is 10.8 Å². The Hall–Kier alpha value is -3.01. The summed E-state index contributed by atoms with van der Waals surface area (Å²) >= 11 is 0. The molecule has 2 aromatic carbocycles. The summed E-state index contributed by atoms with van der Waals surface area (Å²) in [5.74, 6) is -0.395. The summed E-state index contributed by atoms with van der Waals surface area (Å²) in [6, 6.07) is 11.1. The molecule has 0 fully saturated rings. The lowest BCUT2D eigenvalue weighted by Gasteiger charge is -2.19. The van der Waals surface area contributed by atoms with Crippen LogP contribution in [0.15, 0.2) is 42.5 Å². The van der Waals surface area contributed by atoms with Gasteiger partial charge in [-0.2, -0.15) is 8.78 Å². The molecule has 154 valence electrons. The summed E-state index contributed by atoms with van der Waals surface area (Å²) in [6.45, 7) is -1.23. The van der Waals surface area contributed by atoms with Gasteiger partial charge in [-0.05, 0) is 36.8 Å². The van der Waals surface area contributed by atoms with Crippen molar-refractivity contribution in [2.45, 2.75) is 20.0 Å². The second-order valence-corrected chi connectivity index (χ2v) is 8.48.